The third-order valence-electron chi connectivity index (χ3n) is 3.22. The summed E-state index contributed by atoms with van der Waals surface area (Å²) in [6, 6.07) is 11.8. The summed E-state index contributed by atoms with van der Waals surface area (Å²) in [5.74, 6) is 0.277. The molecule has 0 saturated carbocycles. The second-order valence-corrected chi connectivity index (χ2v) is 4.88. The van der Waals surface area contributed by atoms with Crippen LogP contribution in [-0.4, -0.2) is 19.1 Å². The highest BCUT2D eigenvalue weighted by molar-refractivity contribution is 5.95. The maximum Gasteiger partial charge on any atom is 0.262 e. The van der Waals surface area contributed by atoms with Crippen LogP contribution in [0.1, 0.15) is 5.56 Å². The standard InChI is InChI=1S/C17H15FN2O2/c18-13-5-3-12(4-6-13)2-1-9-19-14-7-8-15-16(10-14)22-11-17(21)20-15/h1-8,10,19H,9,11H2,(H,20,21)/b2-1+. The third-order valence-corrected chi connectivity index (χ3v) is 3.22. The summed E-state index contributed by atoms with van der Waals surface area (Å²) >= 11 is 0. The Labute approximate surface area is 127 Å². The van der Waals surface area contributed by atoms with Crippen LogP contribution in [0.15, 0.2) is 48.5 Å². The van der Waals surface area contributed by atoms with Crippen molar-refractivity contribution in [1.82, 2.24) is 0 Å². The van der Waals surface area contributed by atoms with Gasteiger partial charge in [-0.3, -0.25) is 4.79 Å². The zero-order chi connectivity index (χ0) is 15.4. The minimum Gasteiger partial charge on any atom is -0.482 e. The average Bonchev–Trinajstić information content (AvgIpc) is 2.53. The van der Waals surface area contributed by atoms with E-state index in [0.717, 1.165) is 11.3 Å². The van der Waals surface area contributed by atoms with Gasteiger partial charge in [0.1, 0.15) is 11.6 Å². The molecule has 4 nitrogen and oxygen atoms in total. The number of hydrogen-bond donors (Lipinski definition) is 2. The number of fused-ring (bicyclic) bond motifs is 1. The van der Waals surface area contributed by atoms with Crippen molar-refractivity contribution in [2.45, 2.75) is 0 Å². The Morgan fingerprint density at radius 2 is 2.05 bits per heavy atom. The van der Waals surface area contributed by atoms with Crippen molar-refractivity contribution < 1.29 is 13.9 Å². The number of rotatable bonds is 4. The van der Waals surface area contributed by atoms with Crippen molar-refractivity contribution in [2.24, 2.45) is 0 Å². The summed E-state index contributed by atoms with van der Waals surface area (Å²) in [6.07, 6.45) is 3.87. The number of ether oxygens (including phenoxy) is 1. The fraction of sp³-hybridized carbons (Fsp3) is 0.118. The van der Waals surface area contributed by atoms with Crippen LogP contribution in [-0.2, 0) is 4.79 Å². The van der Waals surface area contributed by atoms with Crippen molar-refractivity contribution in [3.05, 3.63) is 59.9 Å². The topological polar surface area (TPSA) is 50.4 Å². The molecule has 1 amide bonds. The minimum atomic E-state index is -0.239. The van der Waals surface area contributed by atoms with Gasteiger partial charge in [-0.15, -0.1) is 0 Å². The predicted octanol–water partition coefficient (Wildman–Crippen LogP) is 3.28. The first kappa shape index (κ1) is 14.1. The first-order valence-corrected chi connectivity index (χ1v) is 6.93. The molecule has 112 valence electrons. The first-order chi connectivity index (χ1) is 10.7. The lowest BCUT2D eigenvalue weighted by Crippen LogP contribution is -2.25. The Bertz CT molecular complexity index is 711. The molecular weight excluding hydrogens is 283 g/mol. The van der Waals surface area contributed by atoms with Gasteiger partial charge in [-0.2, -0.15) is 0 Å². The van der Waals surface area contributed by atoms with E-state index < -0.39 is 0 Å². The third kappa shape index (κ3) is 3.44. The largest absolute Gasteiger partial charge is 0.482 e. The molecule has 1 aliphatic heterocycles. The highest BCUT2D eigenvalue weighted by Crippen LogP contribution is 2.30. The SMILES string of the molecule is O=C1COc2cc(NC/C=C/c3ccc(F)cc3)ccc2N1. The molecule has 2 aromatic rings. The van der Waals surface area contributed by atoms with Gasteiger partial charge in [0.15, 0.2) is 6.61 Å². The maximum absolute atomic E-state index is 12.8. The molecule has 2 N–H and O–H groups in total. The minimum absolute atomic E-state index is 0.0426. The van der Waals surface area contributed by atoms with Gasteiger partial charge in [0, 0.05) is 18.3 Å². The maximum atomic E-state index is 12.8. The molecule has 0 radical (unpaired) electrons. The van der Waals surface area contributed by atoms with Crippen LogP contribution in [0.25, 0.3) is 6.08 Å². The van der Waals surface area contributed by atoms with Crippen LogP contribution < -0.4 is 15.4 Å². The van der Waals surface area contributed by atoms with Crippen LogP contribution in [0, 0.1) is 5.82 Å². The van der Waals surface area contributed by atoms with Gasteiger partial charge in [0.25, 0.3) is 5.91 Å². The molecule has 0 fully saturated rings. The normalized spacial score (nSPS) is 13.4. The van der Waals surface area contributed by atoms with Crippen molar-refractivity contribution in [3.63, 3.8) is 0 Å². The predicted molar refractivity (Wildman–Crippen MR) is 84.5 cm³/mol. The summed E-state index contributed by atoms with van der Waals surface area (Å²) in [7, 11) is 0. The van der Waals surface area contributed by atoms with E-state index in [-0.39, 0.29) is 18.3 Å². The fourth-order valence-corrected chi connectivity index (χ4v) is 2.13. The van der Waals surface area contributed by atoms with E-state index >= 15 is 0 Å². The van der Waals surface area contributed by atoms with Crippen molar-refractivity contribution >= 4 is 23.4 Å². The van der Waals surface area contributed by atoms with Gasteiger partial charge in [-0.1, -0.05) is 24.3 Å². The molecule has 0 unspecified atom stereocenters. The zero-order valence-corrected chi connectivity index (χ0v) is 11.8. The highest BCUT2D eigenvalue weighted by atomic mass is 19.1. The number of amides is 1. The summed E-state index contributed by atoms with van der Waals surface area (Å²) < 4.78 is 18.1. The number of carbonyl (C=O) groups excluding carboxylic acids is 1. The number of carbonyl (C=O) groups is 1. The summed E-state index contributed by atoms with van der Waals surface area (Å²) in [4.78, 5) is 11.2. The van der Waals surface area contributed by atoms with Crippen LogP contribution in [0.5, 0.6) is 5.75 Å². The lowest BCUT2D eigenvalue weighted by Gasteiger charge is -2.18. The number of hydrogen-bond acceptors (Lipinski definition) is 3. The fourth-order valence-electron chi connectivity index (χ4n) is 2.13. The van der Waals surface area contributed by atoms with Crippen molar-refractivity contribution in [2.75, 3.05) is 23.8 Å². The zero-order valence-electron chi connectivity index (χ0n) is 11.8. The Balaban J connectivity index is 1.58. The molecule has 1 heterocycles. The van der Waals surface area contributed by atoms with Gasteiger partial charge >= 0.3 is 0 Å². The quantitative estimate of drug-likeness (QED) is 0.910. The Morgan fingerprint density at radius 1 is 1.23 bits per heavy atom. The Hall–Kier alpha value is -2.82. The second kappa shape index (κ2) is 6.30. The van der Waals surface area contributed by atoms with E-state index in [1.165, 1.54) is 12.1 Å². The van der Waals surface area contributed by atoms with Crippen LogP contribution in [0.3, 0.4) is 0 Å². The summed E-state index contributed by atoms with van der Waals surface area (Å²) in [6.45, 7) is 0.670. The molecule has 0 aromatic heterocycles. The lowest BCUT2D eigenvalue weighted by atomic mass is 10.2. The Kier molecular flexibility index (Phi) is 4.05. The molecular formula is C17H15FN2O2. The van der Waals surface area contributed by atoms with Crippen LogP contribution in [0.4, 0.5) is 15.8 Å². The summed E-state index contributed by atoms with van der Waals surface area (Å²) in [5, 5.41) is 5.98. The molecule has 0 atom stereocenters. The molecule has 3 rings (SSSR count). The van der Waals surface area contributed by atoms with E-state index in [4.69, 9.17) is 4.74 Å². The monoisotopic (exact) mass is 298 g/mol. The average molecular weight is 298 g/mol. The first-order valence-electron chi connectivity index (χ1n) is 6.93. The van der Waals surface area contributed by atoms with Crippen molar-refractivity contribution in [3.8, 4) is 5.75 Å². The molecule has 0 aliphatic carbocycles. The molecule has 22 heavy (non-hydrogen) atoms. The molecule has 2 aromatic carbocycles. The van der Waals surface area contributed by atoms with E-state index in [0.29, 0.717) is 18.0 Å². The van der Waals surface area contributed by atoms with E-state index in [1.54, 1.807) is 18.2 Å². The van der Waals surface area contributed by atoms with Gasteiger partial charge in [-0.05, 0) is 29.8 Å². The number of halogens is 1. The smallest absolute Gasteiger partial charge is 0.262 e. The number of benzene rings is 2. The molecule has 5 heteroatoms. The number of anilines is 2. The van der Waals surface area contributed by atoms with Gasteiger partial charge in [-0.25, -0.2) is 4.39 Å². The van der Waals surface area contributed by atoms with Gasteiger partial charge < -0.3 is 15.4 Å². The van der Waals surface area contributed by atoms with E-state index in [9.17, 15) is 9.18 Å². The molecule has 0 bridgehead atoms. The highest BCUT2D eigenvalue weighted by Gasteiger charge is 2.15. The number of nitrogens with one attached hydrogen (secondary N) is 2. The van der Waals surface area contributed by atoms with Crippen LogP contribution in [0.2, 0.25) is 0 Å². The second-order valence-electron chi connectivity index (χ2n) is 4.88. The Morgan fingerprint density at radius 3 is 2.86 bits per heavy atom. The van der Waals surface area contributed by atoms with Crippen LogP contribution >= 0.6 is 0 Å². The van der Waals surface area contributed by atoms with Gasteiger partial charge in [0.05, 0.1) is 5.69 Å². The molecule has 1 aliphatic rings. The molecule has 0 spiro atoms. The van der Waals surface area contributed by atoms with Crippen molar-refractivity contribution in [1.29, 1.82) is 0 Å². The lowest BCUT2D eigenvalue weighted by molar-refractivity contribution is -0.118. The summed E-state index contributed by atoms with van der Waals surface area (Å²) in [5.41, 5.74) is 2.53. The van der Waals surface area contributed by atoms with Gasteiger partial charge in [0.2, 0.25) is 0 Å². The van der Waals surface area contributed by atoms with E-state index in [2.05, 4.69) is 10.6 Å². The van der Waals surface area contributed by atoms with E-state index in [1.807, 2.05) is 24.3 Å². The molecule has 0 saturated heterocycles.